The Labute approximate surface area is 188 Å². The van der Waals surface area contributed by atoms with E-state index in [2.05, 4.69) is 33.7 Å². The predicted molar refractivity (Wildman–Crippen MR) is 109 cm³/mol. The molecule has 5 N–H and O–H groups in total. The molecule has 1 aromatic rings. The lowest BCUT2D eigenvalue weighted by Gasteiger charge is -2.29. The summed E-state index contributed by atoms with van der Waals surface area (Å²) >= 11 is 0. The minimum absolute atomic E-state index is 0.178. The van der Waals surface area contributed by atoms with E-state index in [0.29, 0.717) is 12.0 Å². The number of amides is 2. The van der Waals surface area contributed by atoms with E-state index in [1.54, 1.807) is 12.1 Å². The number of carbonyl (C=O) groups is 3. The number of carbonyl (C=O) groups excluding carboxylic acids is 3. The summed E-state index contributed by atoms with van der Waals surface area (Å²) in [4.78, 5) is 34.8. The standard InChI is InChI=1S/C22H22F3N3O5/c1-21(2,26)17(19(30)28-32)27-18(29)14-9-7-13(8-10-14)5-3-4-6-15-11-16(15)12-33-20(31)22(23,24)25/h7-10,15-17,32H,11-12,26H2,1-2H3,(H,27,29)(H,28,30)/t15-,16+,17-/m1/s1. The Balaban J connectivity index is 1.88. The number of rotatable bonds is 6. The lowest BCUT2D eigenvalue weighted by atomic mass is 9.95. The molecule has 2 rings (SSSR count). The Hall–Kier alpha value is -3.54. The molecule has 0 saturated heterocycles. The smallest absolute Gasteiger partial charge is 0.459 e. The number of hydrogen-bond donors (Lipinski definition) is 4. The maximum Gasteiger partial charge on any atom is 0.490 e. The molecule has 1 saturated carbocycles. The summed E-state index contributed by atoms with van der Waals surface area (Å²) in [6, 6.07) is 4.92. The monoisotopic (exact) mass is 465 g/mol. The average Bonchev–Trinajstić information content (AvgIpc) is 3.49. The van der Waals surface area contributed by atoms with Crippen LogP contribution < -0.4 is 16.5 Å². The molecular weight excluding hydrogens is 443 g/mol. The summed E-state index contributed by atoms with van der Waals surface area (Å²) in [6.45, 7) is 2.70. The molecular formula is C22H22F3N3O5. The molecule has 8 nitrogen and oxygen atoms in total. The number of halogens is 3. The predicted octanol–water partition coefficient (Wildman–Crippen LogP) is 1.12. The molecule has 1 aliphatic carbocycles. The fourth-order valence-electron chi connectivity index (χ4n) is 2.68. The summed E-state index contributed by atoms with van der Waals surface area (Å²) < 4.78 is 40.4. The van der Waals surface area contributed by atoms with Crippen LogP contribution in [0.1, 0.15) is 36.2 Å². The van der Waals surface area contributed by atoms with Gasteiger partial charge in [-0.2, -0.15) is 13.2 Å². The zero-order valence-corrected chi connectivity index (χ0v) is 17.7. The Morgan fingerprint density at radius 2 is 1.85 bits per heavy atom. The van der Waals surface area contributed by atoms with Gasteiger partial charge in [-0.1, -0.05) is 11.8 Å². The first kappa shape index (κ1) is 25.7. The first-order chi connectivity index (χ1) is 15.3. The van der Waals surface area contributed by atoms with E-state index in [1.807, 2.05) is 0 Å². The van der Waals surface area contributed by atoms with Crippen molar-refractivity contribution in [2.45, 2.75) is 38.0 Å². The number of hydrogen-bond acceptors (Lipinski definition) is 6. The summed E-state index contributed by atoms with van der Waals surface area (Å²) in [5.74, 6) is 6.72. The molecule has 0 bridgehead atoms. The topological polar surface area (TPSA) is 131 Å². The molecule has 176 valence electrons. The molecule has 0 aromatic heterocycles. The quantitative estimate of drug-likeness (QED) is 0.216. The molecule has 11 heteroatoms. The van der Waals surface area contributed by atoms with Crippen molar-refractivity contribution in [3.8, 4) is 23.7 Å². The van der Waals surface area contributed by atoms with E-state index in [9.17, 15) is 27.6 Å². The van der Waals surface area contributed by atoms with Crippen molar-refractivity contribution in [2.24, 2.45) is 17.6 Å². The van der Waals surface area contributed by atoms with Crippen molar-refractivity contribution in [1.29, 1.82) is 0 Å². The summed E-state index contributed by atoms with van der Waals surface area (Å²) in [5.41, 5.74) is 7.00. The van der Waals surface area contributed by atoms with Gasteiger partial charge >= 0.3 is 12.1 Å². The van der Waals surface area contributed by atoms with Crippen LogP contribution in [0.25, 0.3) is 0 Å². The van der Waals surface area contributed by atoms with Crippen LogP contribution in [0.15, 0.2) is 24.3 Å². The van der Waals surface area contributed by atoms with Crippen LogP contribution >= 0.6 is 0 Å². The van der Waals surface area contributed by atoms with Crippen molar-refractivity contribution < 1.29 is 37.5 Å². The van der Waals surface area contributed by atoms with Crippen LogP contribution in [0.3, 0.4) is 0 Å². The second-order valence-corrected chi connectivity index (χ2v) is 8.00. The lowest BCUT2D eigenvalue weighted by Crippen LogP contribution is -2.61. The van der Waals surface area contributed by atoms with Gasteiger partial charge in [-0.3, -0.25) is 14.8 Å². The van der Waals surface area contributed by atoms with Gasteiger partial charge in [0.15, 0.2) is 0 Å². The maximum atomic E-state index is 12.4. The van der Waals surface area contributed by atoms with E-state index in [1.165, 1.54) is 31.5 Å². The Kier molecular flexibility index (Phi) is 8.09. The zero-order valence-electron chi connectivity index (χ0n) is 17.7. The van der Waals surface area contributed by atoms with Gasteiger partial charge in [-0.25, -0.2) is 10.3 Å². The Morgan fingerprint density at radius 3 is 2.39 bits per heavy atom. The highest BCUT2D eigenvalue weighted by Gasteiger charge is 2.43. The van der Waals surface area contributed by atoms with Crippen molar-refractivity contribution in [2.75, 3.05) is 6.61 Å². The van der Waals surface area contributed by atoms with E-state index >= 15 is 0 Å². The third kappa shape index (κ3) is 7.83. The number of benzene rings is 1. The van der Waals surface area contributed by atoms with Crippen LogP contribution in [-0.2, 0) is 14.3 Å². The molecule has 0 spiro atoms. The van der Waals surface area contributed by atoms with Crippen LogP contribution in [0.2, 0.25) is 0 Å². The van der Waals surface area contributed by atoms with Crippen LogP contribution in [0.4, 0.5) is 13.2 Å². The molecule has 1 aromatic carbocycles. The molecule has 0 radical (unpaired) electrons. The summed E-state index contributed by atoms with van der Waals surface area (Å²) in [6.07, 6.45) is -4.48. The number of nitrogens with one attached hydrogen (secondary N) is 2. The molecule has 0 aliphatic heterocycles. The highest BCUT2D eigenvalue weighted by molar-refractivity contribution is 5.97. The van der Waals surface area contributed by atoms with E-state index in [0.717, 1.165) is 0 Å². The third-order valence-electron chi connectivity index (χ3n) is 4.65. The number of alkyl halides is 3. The van der Waals surface area contributed by atoms with Gasteiger partial charge in [0.05, 0.1) is 6.61 Å². The first-order valence-electron chi connectivity index (χ1n) is 9.72. The van der Waals surface area contributed by atoms with Crippen molar-refractivity contribution in [3.05, 3.63) is 35.4 Å². The molecule has 0 heterocycles. The number of esters is 1. The van der Waals surface area contributed by atoms with Gasteiger partial charge in [0.1, 0.15) is 6.04 Å². The molecule has 33 heavy (non-hydrogen) atoms. The van der Waals surface area contributed by atoms with E-state index in [-0.39, 0.29) is 24.0 Å². The second-order valence-electron chi connectivity index (χ2n) is 8.00. The molecule has 0 unspecified atom stereocenters. The normalized spacial score (nSPS) is 17.9. The van der Waals surface area contributed by atoms with Gasteiger partial charge in [0, 0.05) is 28.5 Å². The average molecular weight is 465 g/mol. The van der Waals surface area contributed by atoms with E-state index < -0.39 is 35.5 Å². The van der Waals surface area contributed by atoms with Gasteiger partial charge in [0.25, 0.3) is 11.8 Å². The fraction of sp³-hybridized carbons (Fsp3) is 0.409. The van der Waals surface area contributed by atoms with Crippen molar-refractivity contribution in [1.82, 2.24) is 10.8 Å². The largest absolute Gasteiger partial charge is 0.490 e. The van der Waals surface area contributed by atoms with Gasteiger partial charge in [0.2, 0.25) is 0 Å². The SMILES string of the molecule is CC(C)(N)[C@H](NC(=O)c1ccc(C#CC#C[C@@H]2C[C@H]2COC(=O)C(F)(F)F)cc1)C(=O)NO. The molecule has 3 atom stereocenters. The summed E-state index contributed by atoms with van der Waals surface area (Å²) in [7, 11) is 0. The highest BCUT2D eigenvalue weighted by Crippen LogP contribution is 2.38. The minimum Gasteiger partial charge on any atom is -0.459 e. The fourth-order valence-corrected chi connectivity index (χ4v) is 2.68. The maximum absolute atomic E-state index is 12.4. The van der Waals surface area contributed by atoms with E-state index in [4.69, 9.17) is 10.9 Å². The summed E-state index contributed by atoms with van der Waals surface area (Å²) in [5, 5.41) is 11.3. The minimum atomic E-state index is -5.01. The number of nitrogens with two attached hydrogens (primary N) is 1. The molecule has 1 fully saturated rings. The van der Waals surface area contributed by atoms with Crippen LogP contribution in [0.5, 0.6) is 0 Å². The third-order valence-corrected chi connectivity index (χ3v) is 4.65. The number of ether oxygens (including phenoxy) is 1. The van der Waals surface area contributed by atoms with Crippen LogP contribution in [-0.4, -0.2) is 47.4 Å². The van der Waals surface area contributed by atoms with Crippen molar-refractivity contribution >= 4 is 17.8 Å². The lowest BCUT2D eigenvalue weighted by molar-refractivity contribution is -0.200. The second kappa shape index (κ2) is 10.4. The van der Waals surface area contributed by atoms with Gasteiger partial charge in [-0.15, -0.1) is 0 Å². The molecule has 1 aliphatic rings. The van der Waals surface area contributed by atoms with Gasteiger partial charge in [-0.05, 0) is 56.4 Å². The Morgan fingerprint density at radius 1 is 1.21 bits per heavy atom. The molecule has 2 amide bonds. The highest BCUT2D eigenvalue weighted by atomic mass is 19.4. The Bertz CT molecular complexity index is 1020. The van der Waals surface area contributed by atoms with Crippen molar-refractivity contribution in [3.63, 3.8) is 0 Å². The first-order valence-corrected chi connectivity index (χ1v) is 9.72. The van der Waals surface area contributed by atoms with Gasteiger partial charge < -0.3 is 15.8 Å². The zero-order chi connectivity index (χ0) is 24.8. The number of hydroxylamine groups is 1. The van der Waals surface area contributed by atoms with Crippen LogP contribution in [0, 0.1) is 35.5 Å².